The van der Waals surface area contributed by atoms with Crippen LogP contribution in [0.2, 0.25) is 5.02 Å². The average molecular weight is 270 g/mol. The summed E-state index contributed by atoms with van der Waals surface area (Å²) < 4.78 is 13.5. The van der Waals surface area contributed by atoms with Crippen LogP contribution in [0.5, 0.6) is 0 Å². The first-order valence-electron chi connectivity index (χ1n) is 4.88. The van der Waals surface area contributed by atoms with Gasteiger partial charge in [0.1, 0.15) is 11.9 Å². The Morgan fingerprint density at radius 2 is 2.18 bits per heavy atom. The van der Waals surface area contributed by atoms with Gasteiger partial charge in [0.25, 0.3) is 0 Å². The van der Waals surface area contributed by atoms with Gasteiger partial charge in [-0.25, -0.2) is 4.39 Å². The van der Waals surface area contributed by atoms with E-state index in [1.54, 1.807) is 12.1 Å². The zero-order chi connectivity index (χ0) is 12.4. The predicted molar refractivity (Wildman–Crippen MR) is 67.0 cm³/mol. The summed E-state index contributed by atoms with van der Waals surface area (Å²) in [6, 6.07) is 6.65. The molecule has 0 aliphatic heterocycles. The van der Waals surface area contributed by atoms with E-state index >= 15 is 0 Å². The van der Waals surface area contributed by atoms with Crippen LogP contribution in [0.15, 0.2) is 35.7 Å². The van der Waals surface area contributed by atoms with Gasteiger partial charge >= 0.3 is 0 Å². The Labute approximate surface area is 107 Å². The van der Waals surface area contributed by atoms with E-state index in [2.05, 4.69) is 0 Å². The van der Waals surface area contributed by atoms with E-state index in [0.717, 1.165) is 6.07 Å². The van der Waals surface area contributed by atoms with Gasteiger partial charge < -0.3 is 5.73 Å². The number of nitrogens with two attached hydrogens (primary N) is 1. The Morgan fingerprint density at radius 3 is 2.76 bits per heavy atom. The van der Waals surface area contributed by atoms with Crippen LogP contribution in [-0.4, -0.2) is 5.78 Å². The number of benzene rings is 1. The molecule has 0 aliphatic rings. The minimum Gasteiger partial charge on any atom is -0.317 e. The first-order chi connectivity index (χ1) is 8.09. The van der Waals surface area contributed by atoms with Gasteiger partial charge in [0.15, 0.2) is 5.78 Å². The largest absolute Gasteiger partial charge is 0.317 e. The summed E-state index contributed by atoms with van der Waals surface area (Å²) in [5.74, 6) is -1.09. The SMILES string of the molecule is NC(C(=O)c1ccc(Cl)cc1F)c1cccs1. The lowest BCUT2D eigenvalue weighted by atomic mass is 10.0. The van der Waals surface area contributed by atoms with Crippen molar-refractivity contribution in [2.24, 2.45) is 5.73 Å². The quantitative estimate of drug-likeness (QED) is 0.868. The molecule has 0 bridgehead atoms. The maximum absolute atomic E-state index is 13.5. The third-order valence-corrected chi connectivity index (χ3v) is 3.52. The van der Waals surface area contributed by atoms with E-state index < -0.39 is 17.6 Å². The van der Waals surface area contributed by atoms with Crippen molar-refractivity contribution in [1.29, 1.82) is 0 Å². The van der Waals surface area contributed by atoms with Gasteiger partial charge in [-0.05, 0) is 29.6 Å². The number of Topliss-reactive ketones (excluding diaryl/α,β-unsaturated/α-hetero) is 1. The topological polar surface area (TPSA) is 43.1 Å². The van der Waals surface area contributed by atoms with Crippen molar-refractivity contribution in [2.75, 3.05) is 0 Å². The van der Waals surface area contributed by atoms with Crippen LogP contribution < -0.4 is 5.73 Å². The van der Waals surface area contributed by atoms with Crippen LogP contribution in [0.25, 0.3) is 0 Å². The van der Waals surface area contributed by atoms with Crippen molar-refractivity contribution in [1.82, 2.24) is 0 Å². The first-order valence-corrected chi connectivity index (χ1v) is 6.13. The number of carbonyl (C=O) groups excluding carboxylic acids is 1. The molecule has 2 aromatic rings. The second-order valence-electron chi connectivity index (χ2n) is 3.48. The third-order valence-electron chi connectivity index (χ3n) is 2.33. The van der Waals surface area contributed by atoms with Gasteiger partial charge in [-0.15, -0.1) is 11.3 Å². The Kier molecular flexibility index (Phi) is 3.57. The van der Waals surface area contributed by atoms with Gasteiger partial charge in [0.2, 0.25) is 0 Å². The number of thiophene rings is 1. The maximum Gasteiger partial charge on any atom is 0.187 e. The fourth-order valence-corrected chi connectivity index (χ4v) is 2.34. The van der Waals surface area contributed by atoms with Crippen LogP contribution in [-0.2, 0) is 0 Å². The van der Waals surface area contributed by atoms with Gasteiger partial charge in [0.05, 0.1) is 5.56 Å². The van der Waals surface area contributed by atoms with E-state index in [4.69, 9.17) is 17.3 Å². The van der Waals surface area contributed by atoms with Gasteiger partial charge in [-0.3, -0.25) is 4.79 Å². The second-order valence-corrected chi connectivity index (χ2v) is 4.90. The molecule has 2 N–H and O–H groups in total. The molecule has 0 aliphatic carbocycles. The average Bonchev–Trinajstić information content (AvgIpc) is 2.80. The molecule has 5 heteroatoms. The summed E-state index contributed by atoms with van der Waals surface area (Å²) in [5, 5.41) is 2.07. The summed E-state index contributed by atoms with van der Waals surface area (Å²) in [6.07, 6.45) is 0. The highest BCUT2D eigenvalue weighted by molar-refractivity contribution is 7.10. The molecule has 0 saturated heterocycles. The Balaban J connectivity index is 2.31. The molecule has 17 heavy (non-hydrogen) atoms. The molecule has 0 fully saturated rings. The highest BCUT2D eigenvalue weighted by Crippen LogP contribution is 2.23. The zero-order valence-corrected chi connectivity index (χ0v) is 10.3. The van der Waals surface area contributed by atoms with E-state index in [0.29, 0.717) is 4.88 Å². The fourth-order valence-electron chi connectivity index (χ4n) is 1.45. The van der Waals surface area contributed by atoms with Crippen LogP contribution in [0, 0.1) is 5.82 Å². The molecule has 0 amide bonds. The molecule has 0 saturated carbocycles. The summed E-state index contributed by atoms with van der Waals surface area (Å²) in [5.41, 5.74) is 5.75. The van der Waals surface area contributed by atoms with Crippen molar-refractivity contribution in [3.05, 3.63) is 57.0 Å². The first kappa shape index (κ1) is 12.2. The van der Waals surface area contributed by atoms with Gasteiger partial charge in [-0.2, -0.15) is 0 Å². The van der Waals surface area contributed by atoms with Crippen molar-refractivity contribution in [2.45, 2.75) is 6.04 Å². The molecular formula is C12H9ClFNOS. The van der Waals surface area contributed by atoms with E-state index in [1.807, 2.05) is 5.38 Å². The molecule has 88 valence electrons. The number of hydrogen-bond donors (Lipinski definition) is 1. The van der Waals surface area contributed by atoms with Gasteiger partial charge in [-0.1, -0.05) is 17.7 Å². The highest BCUT2D eigenvalue weighted by atomic mass is 35.5. The number of hydrogen-bond acceptors (Lipinski definition) is 3. The van der Waals surface area contributed by atoms with Crippen LogP contribution in [0.4, 0.5) is 4.39 Å². The molecule has 0 radical (unpaired) electrons. The zero-order valence-electron chi connectivity index (χ0n) is 8.69. The summed E-state index contributed by atoms with van der Waals surface area (Å²) >= 11 is 6.99. The minimum atomic E-state index is -0.828. The molecule has 1 aromatic carbocycles. The standard InChI is InChI=1S/C12H9ClFNOS/c13-7-3-4-8(9(14)6-7)12(16)11(15)10-2-1-5-17-10/h1-6,11H,15H2. The molecule has 2 rings (SSSR count). The van der Waals surface area contributed by atoms with Crippen LogP contribution >= 0.6 is 22.9 Å². The molecule has 1 aromatic heterocycles. The number of carbonyl (C=O) groups is 1. The lowest BCUT2D eigenvalue weighted by molar-refractivity contribution is 0.0958. The lowest BCUT2D eigenvalue weighted by Crippen LogP contribution is -2.21. The number of ketones is 1. The highest BCUT2D eigenvalue weighted by Gasteiger charge is 2.21. The van der Waals surface area contributed by atoms with Crippen LogP contribution in [0.1, 0.15) is 21.3 Å². The monoisotopic (exact) mass is 269 g/mol. The smallest absolute Gasteiger partial charge is 0.187 e. The summed E-state index contributed by atoms with van der Waals surface area (Å²) in [6.45, 7) is 0. The summed E-state index contributed by atoms with van der Waals surface area (Å²) in [7, 11) is 0. The van der Waals surface area contributed by atoms with Gasteiger partial charge in [0, 0.05) is 9.90 Å². The van der Waals surface area contributed by atoms with Crippen molar-refractivity contribution in [3.8, 4) is 0 Å². The molecule has 1 unspecified atom stereocenters. The van der Waals surface area contributed by atoms with Crippen molar-refractivity contribution >= 4 is 28.7 Å². The van der Waals surface area contributed by atoms with E-state index in [9.17, 15) is 9.18 Å². The Bertz CT molecular complexity index is 541. The maximum atomic E-state index is 13.5. The number of rotatable bonds is 3. The summed E-state index contributed by atoms with van der Waals surface area (Å²) in [4.78, 5) is 12.7. The molecule has 1 atom stereocenters. The van der Waals surface area contributed by atoms with Crippen molar-refractivity contribution in [3.63, 3.8) is 0 Å². The normalized spacial score (nSPS) is 12.4. The fraction of sp³-hybridized carbons (Fsp3) is 0.0833. The molecule has 0 spiro atoms. The minimum absolute atomic E-state index is 0.0321. The molecule has 1 heterocycles. The van der Waals surface area contributed by atoms with Crippen LogP contribution in [0.3, 0.4) is 0 Å². The second kappa shape index (κ2) is 4.96. The molecular weight excluding hydrogens is 261 g/mol. The molecule has 2 nitrogen and oxygen atoms in total. The number of halogens is 2. The Hall–Kier alpha value is -1.23. The Morgan fingerprint density at radius 1 is 1.41 bits per heavy atom. The lowest BCUT2D eigenvalue weighted by Gasteiger charge is -2.09. The van der Waals surface area contributed by atoms with Crippen molar-refractivity contribution < 1.29 is 9.18 Å². The third kappa shape index (κ3) is 2.54. The van der Waals surface area contributed by atoms with E-state index in [1.165, 1.54) is 23.5 Å². The predicted octanol–water partition coefficient (Wildman–Crippen LogP) is 3.42. The van der Waals surface area contributed by atoms with E-state index in [-0.39, 0.29) is 10.6 Å².